The maximum Gasteiger partial charge on any atom is 0.192 e. The molecule has 0 saturated heterocycles. The highest BCUT2D eigenvalue weighted by atomic mass is 16.3. The highest BCUT2D eigenvalue weighted by molar-refractivity contribution is 5.77. The molecular weight excluding hydrogens is 226 g/mol. The van der Waals surface area contributed by atoms with Gasteiger partial charge >= 0.3 is 0 Å². The number of aryl methyl sites for hydroxylation is 1. The van der Waals surface area contributed by atoms with E-state index in [9.17, 15) is 0 Å². The van der Waals surface area contributed by atoms with Crippen LogP contribution in [0.2, 0.25) is 0 Å². The Kier molecular flexibility index (Phi) is 3.87. The Bertz CT molecular complexity index is 519. The Hall–Kier alpha value is -1.55. The molecule has 0 aliphatic rings. The molecule has 1 heterocycles. The van der Waals surface area contributed by atoms with Gasteiger partial charge in [0.05, 0.1) is 0 Å². The summed E-state index contributed by atoms with van der Waals surface area (Å²) in [4.78, 5) is 6.58. The number of nitrogens with two attached hydrogens (primary N) is 1. The van der Waals surface area contributed by atoms with Crippen molar-refractivity contribution in [2.45, 2.75) is 32.7 Å². The molecule has 1 unspecified atom stereocenters. The highest BCUT2D eigenvalue weighted by Crippen LogP contribution is 2.22. The lowest BCUT2D eigenvalue weighted by atomic mass is 10.2. The third-order valence-electron chi connectivity index (χ3n) is 3.07. The summed E-state index contributed by atoms with van der Waals surface area (Å²) in [5, 5.41) is 0. The lowest BCUT2D eigenvalue weighted by Gasteiger charge is -2.19. The fraction of sp³-hybridized carbons (Fsp3) is 0.500. The second-order valence-corrected chi connectivity index (χ2v) is 4.93. The fourth-order valence-electron chi connectivity index (χ4n) is 2.05. The van der Waals surface area contributed by atoms with E-state index in [0.717, 1.165) is 30.5 Å². The van der Waals surface area contributed by atoms with Gasteiger partial charge in [0.25, 0.3) is 0 Å². The van der Waals surface area contributed by atoms with Crippen LogP contribution >= 0.6 is 0 Å². The van der Waals surface area contributed by atoms with Gasteiger partial charge in [0, 0.05) is 32.2 Å². The van der Waals surface area contributed by atoms with E-state index < -0.39 is 0 Å². The van der Waals surface area contributed by atoms with Crippen molar-refractivity contribution in [3.05, 3.63) is 24.1 Å². The van der Waals surface area contributed by atoms with Crippen LogP contribution in [0.4, 0.5) is 5.69 Å². The van der Waals surface area contributed by atoms with E-state index >= 15 is 0 Å². The highest BCUT2D eigenvalue weighted by Gasteiger charge is 2.06. The van der Waals surface area contributed by atoms with Crippen LogP contribution in [0.25, 0.3) is 11.1 Å². The average Bonchev–Trinajstić information content (AvgIpc) is 2.67. The topological polar surface area (TPSA) is 55.3 Å². The molecule has 0 spiro atoms. The minimum atomic E-state index is 0.277. The smallest absolute Gasteiger partial charge is 0.192 e. The molecule has 1 aromatic heterocycles. The van der Waals surface area contributed by atoms with Crippen molar-refractivity contribution in [2.75, 3.05) is 18.5 Å². The zero-order chi connectivity index (χ0) is 13.1. The van der Waals surface area contributed by atoms with Crippen molar-refractivity contribution in [1.82, 2.24) is 4.98 Å². The SMILES string of the molecule is Cc1nc2cc(N(C)CCCC(C)N)ccc2o1. The number of aromatic nitrogens is 1. The van der Waals surface area contributed by atoms with Gasteiger partial charge in [-0.3, -0.25) is 0 Å². The minimum absolute atomic E-state index is 0.277. The van der Waals surface area contributed by atoms with Crippen molar-refractivity contribution >= 4 is 16.8 Å². The van der Waals surface area contributed by atoms with Gasteiger partial charge in [-0.2, -0.15) is 0 Å². The van der Waals surface area contributed by atoms with Gasteiger partial charge in [-0.25, -0.2) is 4.98 Å². The Morgan fingerprint density at radius 1 is 1.44 bits per heavy atom. The van der Waals surface area contributed by atoms with E-state index in [4.69, 9.17) is 10.2 Å². The van der Waals surface area contributed by atoms with E-state index in [1.807, 2.05) is 19.9 Å². The Morgan fingerprint density at radius 3 is 2.94 bits per heavy atom. The first-order valence-electron chi connectivity index (χ1n) is 6.40. The van der Waals surface area contributed by atoms with E-state index in [2.05, 4.69) is 29.1 Å². The predicted octanol–water partition coefficient (Wildman–Crippen LogP) is 2.70. The molecule has 4 nitrogen and oxygen atoms in total. The van der Waals surface area contributed by atoms with Crippen molar-refractivity contribution in [1.29, 1.82) is 0 Å². The van der Waals surface area contributed by atoms with E-state index in [1.165, 1.54) is 5.69 Å². The first-order chi connectivity index (χ1) is 8.56. The summed E-state index contributed by atoms with van der Waals surface area (Å²) in [5.41, 5.74) is 8.69. The van der Waals surface area contributed by atoms with Crippen LogP contribution in [0.15, 0.2) is 22.6 Å². The molecule has 2 N–H and O–H groups in total. The summed E-state index contributed by atoms with van der Waals surface area (Å²) in [6, 6.07) is 6.39. The summed E-state index contributed by atoms with van der Waals surface area (Å²) in [6.45, 7) is 4.92. The molecule has 0 aliphatic heterocycles. The van der Waals surface area contributed by atoms with Gasteiger partial charge in [-0.1, -0.05) is 0 Å². The summed E-state index contributed by atoms with van der Waals surface area (Å²) in [7, 11) is 2.09. The van der Waals surface area contributed by atoms with Crippen LogP contribution in [0, 0.1) is 6.92 Å². The predicted molar refractivity (Wildman–Crippen MR) is 74.9 cm³/mol. The van der Waals surface area contributed by atoms with Gasteiger partial charge in [0.1, 0.15) is 5.52 Å². The molecule has 98 valence electrons. The van der Waals surface area contributed by atoms with Crippen LogP contribution in [0.5, 0.6) is 0 Å². The normalized spacial score (nSPS) is 12.9. The van der Waals surface area contributed by atoms with Gasteiger partial charge < -0.3 is 15.1 Å². The summed E-state index contributed by atoms with van der Waals surface area (Å²) < 4.78 is 5.47. The number of hydrogen-bond donors (Lipinski definition) is 1. The van der Waals surface area contributed by atoms with Crippen molar-refractivity contribution in [3.8, 4) is 0 Å². The number of hydrogen-bond acceptors (Lipinski definition) is 4. The first kappa shape index (κ1) is 12.9. The van der Waals surface area contributed by atoms with Crippen molar-refractivity contribution in [2.24, 2.45) is 5.73 Å². The number of benzene rings is 1. The van der Waals surface area contributed by atoms with E-state index in [-0.39, 0.29) is 6.04 Å². The summed E-state index contributed by atoms with van der Waals surface area (Å²) in [6.07, 6.45) is 2.15. The Balaban J connectivity index is 2.05. The molecule has 0 amide bonds. The molecule has 1 atom stereocenters. The molecule has 4 heteroatoms. The first-order valence-corrected chi connectivity index (χ1v) is 6.40. The molecule has 0 saturated carbocycles. The van der Waals surface area contributed by atoms with Gasteiger partial charge in [-0.05, 0) is 38.0 Å². The number of rotatable bonds is 5. The molecule has 0 aliphatic carbocycles. The fourth-order valence-corrected chi connectivity index (χ4v) is 2.05. The second-order valence-electron chi connectivity index (χ2n) is 4.93. The maximum atomic E-state index is 5.75. The van der Waals surface area contributed by atoms with Crippen LogP contribution < -0.4 is 10.6 Å². The minimum Gasteiger partial charge on any atom is -0.441 e. The number of fused-ring (bicyclic) bond motifs is 1. The van der Waals surface area contributed by atoms with E-state index in [0.29, 0.717) is 5.89 Å². The van der Waals surface area contributed by atoms with Crippen LogP contribution in [-0.2, 0) is 0 Å². The number of anilines is 1. The second kappa shape index (κ2) is 5.40. The van der Waals surface area contributed by atoms with Crippen LogP contribution in [-0.4, -0.2) is 24.6 Å². The monoisotopic (exact) mass is 247 g/mol. The molecule has 1 aromatic carbocycles. The Labute approximate surface area is 108 Å². The average molecular weight is 247 g/mol. The summed E-state index contributed by atoms with van der Waals surface area (Å²) in [5.74, 6) is 0.710. The van der Waals surface area contributed by atoms with Crippen LogP contribution in [0.1, 0.15) is 25.7 Å². The Morgan fingerprint density at radius 2 is 2.22 bits per heavy atom. The molecule has 0 bridgehead atoms. The lowest BCUT2D eigenvalue weighted by molar-refractivity contribution is 0.561. The summed E-state index contributed by atoms with van der Waals surface area (Å²) >= 11 is 0. The van der Waals surface area contributed by atoms with E-state index in [1.54, 1.807) is 0 Å². The van der Waals surface area contributed by atoms with Crippen molar-refractivity contribution in [3.63, 3.8) is 0 Å². The molecule has 18 heavy (non-hydrogen) atoms. The largest absolute Gasteiger partial charge is 0.441 e. The molecule has 2 aromatic rings. The molecule has 0 radical (unpaired) electrons. The van der Waals surface area contributed by atoms with Crippen molar-refractivity contribution < 1.29 is 4.42 Å². The quantitative estimate of drug-likeness (QED) is 0.882. The zero-order valence-corrected chi connectivity index (χ0v) is 11.3. The third kappa shape index (κ3) is 3.01. The maximum absolute atomic E-state index is 5.75. The zero-order valence-electron chi connectivity index (χ0n) is 11.3. The molecule has 0 fully saturated rings. The molecular formula is C14H21N3O. The third-order valence-corrected chi connectivity index (χ3v) is 3.07. The lowest BCUT2D eigenvalue weighted by Crippen LogP contribution is -2.21. The molecule has 2 rings (SSSR count). The van der Waals surface area contributed by atoms with Crippen LogP contribution in [0.3, 0.4) is 0 Å². The van der Waals surface area contributed by atoms with Gasteiger partial charge in [0.15, 0.2) is 11.5 Å². The number of nitrogens with zero attached hydrogens (tertiary/aromatic N) is 2. The standard InChI is InChI=1S/C14H21N3O/c1-10(15)5-4-8-17(3)12-6-7-14-13(9-12)16-11(2)18-14/h6-7,9-10H,4-5,8,15H2,1-3H3. The van der Waals surface area contributed by atoms with Gasteiger partial charge in [0.2, 0.25) is 0 Å². The number of oxazole rings is 1. The van der Waals surface area contributed by atoms with Gasteiger partial charge in [-0.15, -0.1) is 0 Å².